The summed E-state index contributed by atoms with van der Waals surface area (Å²) in [6, 6.07) is 14.4. The molecule has 2 saturated heterocycles. The number of carbonyl (C=O) groups is 1. The quantitative estimate of drug-likeness (QED) is 0.820. The standard InChI is InChI=1S/C22H27ClN4O/c1-17-20(23)5-4-6-21(17)24-22(28)27-15-13-26(14-16-27)19-9-7-18(8-10-19)25-11-2-3-12-25/h4-10H,2-3,11-16H2,1H3,(H,24,28). The molecular weight excluding hydrogens is 372 g/mol. The lowest BCUT2D eigenvalue weighted by Gasteiger charge is -2.36. The molecule has 0 bridgehead atoms. The Bertz CT molecular complexity index is 825. The van der Waals surface area contributed by atoms with E-state index in [-0.39, 0.29) is 6.03 Å². The zero-order valence-corrected chi connectivity index (χ0v) is 17.1. The summed E-state index contributed by atoms with van der Waals surface area (Å²) in [4.78, 5) is 19.3. The van der Waals surface area contributed by atoms with Gasteiger partial charge in [0.15, 0.2) is 0 Å². The Balaban J connectivity index is 1.32. The average molecular weight is 399 g/mol. The summed E-state index contributed by atoms with van der Waals surface area (Å²) < 4.78 is 0. The molecular formula is C22H27ClN4O. The third kappa shape index (κ3) is 4.04. The molecule has 0 saturated carbocycles. The lowest BCUT2D eigenvalue weighted by Crippen LogP contribution is -2.50. The molecule has 2 aliphatic heterocycles. The molecule has 2 aliphatic rings. The van der Waals surface area contributed by atoms with Gasteiger partial charge in [-0.05, 0) is 61.7 Å². The molecule has 0 radical (unpaired) electrons. The van der Waals surface area contributed by atoms with Crippen LogP contribution in [0.4, 0.5) is 21.9 Å². The Morgan fingerprint density at radius 1 is 0.857 bits per heavy atom. The van der Waals surface area contributed by atoms with E-state index < -0.39 is 0 Å². The van der Waals surface area contributed by atoms with Crippen molar-refractivity contribution >= 4 is 34.7 Å². The lowest BCUT2D eigenvalue weighted by atomic mass is 10.2. The van der Waals surface area contributed by atoms with Crippen molar-refractivity contribution in [3.63, 3.8) is 0 Å². The van der Waals surface area contributed by atoms with Crippen LogP contribution in [0.2, 0.25) is 5.02 Å². The Labute approximate surface area is 171 Å². The summed E-state index contributed by atoms with van der Waals surface area (Å²) in [5, 5.41) is 3.66. The van der Waals surface area contributed by atoms with Crippen molar-refractivity contribution < 1.29 is 4.79 Å². The Hall–Kier alpha value is -2.40. The summed E-state index contributed by atoms with van der Waals surface area (Å²) in [6.45, 7) is 7.34. The fourth-order valence-corrected chi connectivity index (χ4v) is 4.13. The Morgan fingerprint density at radius 2 is 1.43 bits per heavy atom. The van der Waals surface area contributed by atoms with Gasteiger partial charge in [-0.3, -0.25) is 0 Å². The van der Waals surface area contributed by atoms with Gasteiger partial charge in [-0.25, -0.2) is 4.79 Å². The zero-order chi connectivity index (χ0) is 19.5. The topological polar surface area (TPSA) is 38.8 Å². The molecule has 0 unspecified atom stereocenters. The molecule has 2 fully saturated rings. The fourth-order valence-electron chi connectivity index (χ4n) is 3.95. The van der Waals surface area contributed by atoms with Gasteiger partial charge < -0.3 is 20.0 Å². The van der Waals surface area contributed by atoms with Gasteiger partial charge in [0.05, 0.1) is 0 Å². The average Bonchev–Trinajstić information content (AvgIpc) is 3.26. The van der Waals surface area contributed by atoms with E-state index >= 15 is 0 Å². The van der Waals surface area contributed by atoms with Crippen LogP contribution < -0.4 is 15.1 Å². The van der Waals surface area contributed by atoms with Gasteiger partial charge >= 0.3 is 6.03 Å². The number of piperazine rings is 1. The van der Waals surface area contributed by atoms with E-state index in [0.717, 1.165) is 24.3 Å². The second-order valence-corrected chi connectivity index (χ2v) is 7.93. The maximum absolute atomic E-state index is 12.6. The number of halogens is 1. The number of urea groups is 1. The molecule has 28 heavy (non-hydrogen) atoms. The molecule has 0 aliphatic carbocycles. The van der Waals surface area contributed by atoms with Crippen LogP contribution in [-0.2, 0) is 0 Å². The zero-order valence-electron chi connectivity index (χ0n) is 16.3. The molecule has 2 amide bonds. The maximum atomic E-state index is 12.6. The first kappa shape index (κ1) is 18.9. The molecule has 1 N–H and O–H groups in total. The van der Waals surface area contributed by atoms with E-state index in [1.165, 1.54) is 37.3 Å². The number of carbonyl (C=O) groups excluding carboxylic acids is 1. The fraction of sp³-hybridized carbons (Fsp3) is 0.409. The number of nitrogens with one attached hydrogen (secondary N) is 1. The van der Waals surface area contributed by atoms with Gasteiger partial charge in [0.1, 0.15) is 0 Å². The largest absolute Gasteiger partial charge is 0.372 e. The van der Waals surface area contributed by atoms with Crippen LogP contribution in [0, 0.1) is 6.92 Å². The molecule has 0 aromatic heterocycles. The third-order valence-corrected chi connectivity index (χ3v) is 6.17. The van der Waals surface area contributed by atoms with E-state index in [1.807, 2.05) is 30.0 Å². The number of benzene rings is 2. The van der Waals surface area contributed by atoms with E-state index in [2.05, 4.69) is 39.4 Å². The monoisotopic (exact) mass is 398 g/mol. The van der Waals surface area contributed by atoms with Crippen molar-refractivity contribution in [2.45, 2.75) is 19.8 Å². The van der Waals surface area contributed by atoms with Gasteiger partial charge in [0.2, 0.25) is 0 Å². The Morgan fingerprint density at radius 3 is 2.04 bits per heavy atom. The minimum atomic E-state index is -0.0607. The minimum Gasteiger partial charge on any atom is -0.372 e. The summed E-state index contributed by atoms with van der Waals surface area (Å²) in [5.41, 5.74) is 4.22. The molecule has 2 heterocycles. The van der Waals surface area contributed by atoms with Crippen LogP contribution in [0.3, 0.4) is 0 Å². The summed E-state index contributed by atoms with van der Waals surface area (Å²) >= 11 is 6.15. The number of nitrogens with zero attached hydrogens (tertiary/aromatic N) is 3. The summed E-state index contributed by atoms with van der Waals surface area (Å²) in [6.07, 6.45) is 2.58. The molecule has 2 aromatic carbocycles. The summed E-state index contributed by atoms with van der Waals surface area (Å²) in [7, 11) is 0. The highest BCUT2D eigenvalue weighted by atomic mass is 35.5. The lowest BCUT2D eigenvalue weighted by molar-refractivity contribution is 0.208. The van der Waals surface area contributed by atoms with Gasteiger partial charge in [0, 0.05) is 61.4 Å². The van der Waals surface area contributed by atoms with Crippen LogP contribution in [0.15, 0.2) is 42.5 Å². The second kappa shape index (κ2) is 8.31. The molecule has 5 nitrogen and oxygen atoms in total. The van der Waals surface area contributed by atoms with Crippen LogP contribution >= 0.6 is 11.6 Å². The normalized spacial score (nSPS) is 17.1. The number of rotatable bonds is 3. The van der Waals surface area contributed by atoms with Crippen molar-refractivity contribution in [3.8, 4) is 0 Å². The number of hydrogen-bond acceptors (Lipinski definition) is 3. The van der Waals surface area contributed by atoms with Gasteiger partial charge in [-0.2, -0.15) is 0 Å². The second-order valence-electron chi connectivity index (χ2n) is 7.53. The number of hydrogen-bond donors (Lipinski definition) is 1. The molecule has 0 spiro atoms. The first-order valence-electron chi connectivity index (χ1n) is 10.0. The van der Waals surface area contributed by atoms with E-state index in [9.17, 15) is 4.79 Å². The van der Waals surface area contributed by atoms with Crippen molar-refractivity contribution in [2.24, 2.45) is 0 Å². The Kier molecular flexibility index (Phi) is 5.62. The maximum Gasteiger partial charge on any atom is 0.321 e. The van der Waals surface area contributed by atoms with Gasteiger partial charge in [0.25, 0.3) is 0 Å². The predicted molar refractivity (Wildman–Crippen MR) is 117 cm³/mol. The molecule has 6 heteroatoms. The van der Waals surface area contributed by atoms with Crippen LogP contribution in [-0.4, -0.2) is 50.2 Å². The molecule has 2 aromatic rings. The van der Waals surface area contributed by atoms with Crippen molar-refractivity contribution in [2.75, 3.05) is 54.4 Å². The highest BCUT2D eigenvalue weighted by Crippen LogP contribution is 2.25. The molecule has 0 atom stereocenters. The van der Waals surface area contributed by atoms with Crippen molar-refractivity contribution in [1.29, 1.82) is 0 Å². The highest BCUT2D eigenvalue weighted by Gasteiger charge is 2.22. The van der Waals surface area contributed by atoms with E-state index in [0.29, 0.717) is 18.1 Å². The van der Waals surface area contributed by atoms with E-state index in [1.54, 1.807) is 0 Å². The molecule has 148 valence electrons. The minimum absolute atomic E-state index is 0.0607. The van der Waals surface area contributed by atoms with Gasteiger partial charge in [-0.15, -0.1) is 0 Å². The van der Waals surface area contributed by atoms with Crippen molar-refractivity contribution in [1.82, 2.24) is 4.90 Å². The van der Waals surface area contributed by atoms with E-state index in [4.69, 9.17) is 11.6 Å². The summed E-state index contributed by atoms with van der Waals surface area (Å²) in [5.74, 6) is 0. The van der Waals surface area contributed by atoms with Gasteiger partial charge in [-0.1, -0.05) is 17.7 Å². The number of anilines is 3. The third-order valence-electron chi connectivity index (χ3n) is 5.76. The van der Waals surface area contributed by atoms with Crippen molar-refractivity contribution in [3.05, 3.63) is 53.1 Å². The smallest absolute Gasteiger partial charge is 0.321 e. The van der Waals surface area contributed by atoms with Crippen LogP contribution in [0.5, 0.6) is 0 Å². The first-order chi connectivity index (χ1) is 13.6. The van der Waals surface area contributed by atoms with Crippen LogP contribution in [0.1, 0.15) is 18.4 Å². The number of amides is 2. The first-order valence-corrected chi connectivity index (χ1v) is 10.4. The predicted octanol–water partition coefficient (Wildman–Crippen LogP) is 4.60. The SMILES string of the molecule is Cc1c(Cl)cccc1NC(=O)N1CCN(c2ccc(N3CCCC3)cc2)CC1. The highest BCUT2D eigenvalue weighted by molar-refractivity contribution is 6.31. The molecule has 4 rings (SSSR count). The van der Waals surface area contributed by atoms with Crippen LogP contribution in [0.25, 0.3) is 0 Å².